The van der Waals surface area contributed by atoms with Crippen LogP contribution in [0.1, 0.15) is 5.69 Å². The third-order valence-corrected chi connectivity index (χ3v) is 2.76. The number of nitrogens with two attached hydrogens (primary N) is 1. The predicted octanol–water partition coefficient (Wildman–Crippen LogP) is 3.14. The molecule has 0 aliphatic heterocycles. The Labute approximate surface area is 107 Å². The fourth-order valence-corrected chi connectivity index (χ4v) is 1.67. The molecule has 0 aliphatic rings. The van der Waals surface area contributed by atoms with Gasteiger partial charge in [-0.15, -0.1) is 0 Å². The second-order valence-corrected chi connectivity index (χ2v) is 4.27. The van der Waals surface area contributed by atoms with Gasteiger partial charge in [0.25, 0.3) is 0 Å². The first-order chi connectivity index (χ1) is 8.16. The van der Waals surface area contributed by atoms with Crippen molar-refractivity contribution in [3.8, 4) is 5.75 Å². The topological polar surface area (TPSA) is 48.1 Å². The molecule has 17 heavy (non-hydrogen) atoms. The summed E-state index contributed by atoms with van der Waals surface area (Å²) in [6, 6.07) is 8.23. The summed E-state index contributed by atoms with van der Waals surface area (Å²) in [5, 5.41) is 0. The molecule has 2 aromatic rings. The van der Waals surface area contributed by atoms with Crippen molar-refractivity contribution < 1.29 is 9.13 Å². The Morgan fingerprint density at radius 1 is 1.35 bits per heavy atom. The number of pyridine rings is 1. The summed E-state index contributed by atoms with van der Waals surface area (Å²) in [7, 11) is 0. The first-order valence-electron chi connectivity index (χ1n) is 4.94. The van der Waals surface area contributed by atoms with Crippen LogP contribution in [0.3, 0.4) is 0 Å². The first-order valence-corrected chi connectivity index (χ1v) is 5.73. The molecule has 0 atom stereocenters. The van der Waals surface area contributed by atoms with E-state index in [4.69, 9.17) is 10.5 Å². The molecule has 88 valence electrons. The van der Waals surface area contributed by atoms with Gasteiger partial charge >= 0.3 is 0 Å². The molecule has 2 rings (SSSR count). The molecule has 0 bridgehead atoms. The summed E-state index contributed by atoms with van der Waals surface area (Å²) in [6.45, 7) is 0.256. The zero-order chi connectivity index (χ0) is 12.3. The zero-order valence-electron chi connectivity index (χ0n) is 8.86. The highest BCUT2D eigenvalue weighted by molar-refractivity contribution is 9.10. The number of rotatable bonds is 3. The fraction of sp³-hybridized carbons (Fsp3) is 0.0833. The maximum absolute atomic E-state index is 13.3. The summed E-state index contributed by atoms with van der Waals surface area (Å²) in [6.07, 6.45) is 1.67. The highest BCUT2D eigenvalue weighted by atomic mass is 79.9. The Morgan fingerprint density at radius 3 is 2.88 bits per heavy atom. The molecule has 0 amide bonds. The van der Waals surface area contributed by atoms with E-state index in [2.05, 4.69) is 20.9 Å². The van der Waals surface area contributed by atoms with Gasteiger partial charge in [0.05, 0.1) is 15.9 Å². The molecule has 1 aromatic heterocycles. The van der Waals surface area contributed by atoms with E-state index in [1.54, 1.807) is 6.20 Å². The quantitative estimate of drug-likeness (QED) is 0.885. The van der Waals surface area contributed by atoms with Crippen molar-refractivity contribution >= 4 is 21.6 Å². The highest BCUT2D eigenvalue weighted by Gasteiger charge is 2.07. The van der Waals surface area contributed by atoms with E-state index in [1.807, 2.05) is 18.2 Å². The van der Waals surface area contributed by atoms with Crippen LogP contribution < -0.4 is 10.5 Å². The van der Waals surface area contributed by atoms with Gasteiger partial charge in [0, 0.05) is 12.3 Å². The number of ether oxygens (including phenoxy) is 1. The predicted molar refractivity (Wildman–Crippen MR) is 67.1 cm³/mol. The van der Waals surface area contributed by atoms with Gasteiger partial charge in [-0.25, -0.2) is 4.39 Å². The molecule has 5 heteroatoms. The van der Waals surface area contributed by atoms with E-state index in [1.165, 1.54) is 12.1 Å². The van der Waals surface area contributed by atoms with Gasteiger partial charge in [0.1, 0.15) is 18.2 Å². The first kappa shape index (κ1) is 11.9. The molecule has 0 fully saturated rings. The van der Waals surface area contributed by atoms with Crippen LogP contribution in [0.2, 0.25) is 0 Å². The fourth-order valence-electron chi connectivity index (χ4n) is 1.30. The van der Waals surface area contributed by atoms with E-state index in [0.717, 1.165) is 5.69 Å². The summed E-state index contributed by atoms with van der Waals surface area (Å²) in [4.78, 5) is 4.09. The molecule has 0 saturated carbocycles. The largest absolute Gasteiger partial charge is 0.485 e. The van der Waals surface area contributed by atoms with Crippen LogP contribution in [-0.2, 0) is 6.61 Å². The lowest BCUT2D eigenvalue weighted by molar-refractivity contribution is 0.301. The summed E-state index contributed by atoms with van der Waals surface area (Å²) >= 11 is 3.05. The van der Waals surface area contributed by atoms with Crippen molar-refractivity contribution in [1.82, 2.24) is 4.98 Å². The van der Waals surface area contributed by atoms with Gasteiger partial charge in [-0.3, -0.25) is 4.98 Å². The number of aromatic nitrogens is 1. The minimum absolute atomic E-state index is 0.256. The van der Waals surface area contributed by atoms with Crippen molar-refractivity contribution in [2.24, 2.45) is 0 Å². The van der Waals surface area contributed by atoms with Gasteiger partial charge < -0.3 is 10.5 Å². The Morgan fingerprint density at radius 2 is 2.18 bits per heavy atom. The third-order valence-electron chi connectivity index (χ3n) is 2.15. The molecule has 0 aliphatic carbocycles. The van der Waals surface area contributed by atoms with E-state index in [9.17, 15) is 4.39 Å². The second-order valence-electron chi connectivity index (χ2n) is 3.41. The number of halogens is 2. The second kappa shape index (κ2) is 5.14. The van der Waals surface area contributed by atoms with Crippen LogP contribution in [0.4, 0.5) is 10.1 Å². The molecule has 0 radical (unpaired) electrons. The lowest BCUT2D eigenvalue weighted by Crippen LogP contribution is -2.01. The van der Waals surface area contributed by atoms with Crippen molar-refractivity contribution in [1.29, 1.82) is 0 Å². The van der Waals surface area contributed by atoms with Crippen LogP contribution in [-0.4, -0.2) is 4.98 Å². The van der Waals surface area contributed by atoms with Crippen LogP contribution in [0.25, 0.3) is 0 Å². The van der Waals surface area contributed by atoms with Crippen LogP contribution >= 0.6 is 15.9 Å². The van der Waals surface area contributed by atoms with Crippen molar-refractivity contribution in [3.05, 3.63) is 52.5 Å². The monoisotopic (exact) mass is 296 g/mol. The van der Waals surface area contributed by atoms with Gasteiger partial charge in [-0.05, 0) is 34.1 Å². The Kier molecular flexibility index (Phi) is 3.58. The number of nitrogen functional groups attached to an aromatic ring is 1. The standard InChI is InChI=1S/C12H10BrFN2O/c13-9-5-11(15)12(6-10(9)14)17-7-8-3-1-2-4-16-8/h1-6H,7,15H2. The SMILES string of the molecule is Nc1cc(Br)c(F)cc1OCc1ccccn1. The average molecular weight is 297 g/mol. The molecule has 0 spiro atoms. The third kappa shape index (κ3) is 2.94. The maximum Gasteiger partial charge on any atom is 0.145 e. The summed E-state index contributed by atoms with van der Waals surface area (Å²) in [5.74, 6) is -0.0911. The smallest absolute Gasteiger partial charge is 0.145 e. The van der Waals surface area contributed by atoms with Crippen molar-refractivity contribution in [2.45, 2.75) is 6.61 Å². The average Bonchev–Trinajstić information content (AvgIpc) is 2.33. The highest BCUT2D eigenvalue weighted by Crippen LogP contribution is 2.28. The molecule has 2 N–H and O–H groups in total. The van der Waals surface area contributed by atoms with Crippen molar-refractivity contribution in [3.63, 3.8) is 0 Å². The molecule has 3 nitrogen and oxygen atoms in total. The Hall–Kier alpha value is -1.62. The summed E-state index contributed by atoms with van der Waals surface area (Å²) in [5.41, 5.74) is 6.86. The number of nitrogens with zero attached hydrogens (tertiary/aromatic N) is 1. The van der Waals surface area contributed by atoms with Gasteiger partial charge in [0.2, 0.25) is 0 Å². The molecule has 0 saturated heterocycles. The summed E-state index contributed by atoms with van der Waals surface area (Å²) < 4.78 is 19.0. The van der Waals surface area contributed by atoms with Crippen LogP contribution in [0.15, 0.2) is 41.0 Å². The minimum Gasteiger partial charge on any atom is -0.485 e. The van der Waals surface area contributed by atoms with E-state index >= 15 is 0 Å². The molecule has 1 aromatic carbocycles. The lowest BCUT2D eigenvalue weighted by atomic mass is 10.3. The van der Waals surface area contributed by atoms with E-state index in [0.29, 0.717) is 15.9 Å². The normalized spacial score (nSPS) is 10.2. The lowest BCUT2D eigenvalue weighted by Gasteiger charge is -2.09. The van der Waals surface area contributed by atoms with Gasteiger partial charge in [-0.2, -0.15) is 0 Å². The zero-order valence-corrected chi connectivity index (χ0v) is 10.4. The minimum atomic E-state index is -0.407. The van der Waals surface area contributed by atoms with Crippen molar-refractivity contribution in [2.75, 3.05) is 5.73 Å². The number of benzene rings is 1. The molecule has 1 heterocycles. The molecular formula is C12H10BrFN2O. The van der Waals surface area contributed by atoms with E-state index < -0.39 is 5.82 Å². The van der Waals surface area contributed by atoms with Crippen LogP contribution in [0.5, 0.6) is 5.75 Å². The van der Waals surface area contributed by atoms with Gasteiger partial charge in [0.15, 0.2) is 0 Å². The molecular weight excluding hydrogens is 287 g/mol. The number of hydrogen-bond acceptors (Lipinski definition) is 3. The van der Waals surface area contributed by atoms with Crippen LogP contribution in [0, 0.1) is 5.82 Å². The molecule has 0 unspecified atom stereocenters. The number of anilines is 1. The Bertz CT molecular complexity index is 519. The maximum atomic E-state index is 13.3. The number of hydrogen-bond donors (Lipinski definition) is 1. The van der Waals surface area contributed by atoms with Gasteiger partial charge in [-0.1, -0.05) is 6.07 Å². The van der Waals surface area contributed by atoms with E-state index in [-0.39, 0.29) is 6.61 Å². The Balaban J connectivity index is 2.12.